The van der Waals surface area contributed by atoms with E-state index in [0.717, 1.165) is 32.1 Å². The zero-order valence-corrected chi connectivity index (χ0v) is 13.0. The summed E-state index contributed by atoms with van der Waals surface area (Å²) in [4.78, 5) is 14.3. The molecule has 1 aliphatic heterocycles. The van der Waals surface area contributed by atoms with E-state index in [1.165, 1.54) is 6.20 Å². The first kappa shape index (κ1) is 16.6. The lowest BCUT2D eigenvalue weighted by atomic mass is 9.97. The highest BCUT2D eigenvalue weighted by atomic mass is 19.4. The quantitative estimate of drug-likeness (QED) is 0.843. The van der Waals surface area contributed by atoms with Crippen LogP contribution in [0.15, 0.2) is 16.9 Å². The lowest BCUT2D eigenvalue weighted by Gasteiger charge is -2.26. The Kier molecular flexibility index (Phi) is 4.65. The van der Waals surface area contributed by atoms with Gasteiger partial charge in [0.25, 0.3) is 0 Å². The molecule has 0 radical (unpaired) electrons. The predicted molar refractivity (Wildman–Crippen MR) is 76.3 cm³/mol. The van der Waals surface area contributed by atoms with Gasteiger partial charge in [-0.1, -0.05) is 5.16 Å². The Morgan fingerprint density at radius 3 is 2.62 bits per heavy atom. The highest BCUT2D eigenvalue weighted by Gasteiger charge is 2.29. The fraction of sp³-hybridized carbons (Fsp3) is 0.571. The van der Waals surface area contributed by atoms with Crippen molar-refractivity contribution >= 4 is 0 Å². The maximum absolute atomic E-state index is 12.1. The standard InChI is InChI=1S/C14H16F3N5O2/c1-22-4-2-9(3-5-22)13-20-12(21-24-13)10-6-19-11(7-18-10)23-8-14(15,16)17/h6-7,9H,2-5,8H2,1H3. The third-order valence-electron chi connectivity index (χ3n) is 3.75. The highest BCUT2D eigenvalue weighted by molar-refractivity contribution is 5.46. The maximum atomic E-state index is 12.1. The number of hydrogen-bond donors (Lipinski definition) is 0. The monoisotopic (exact) mass is 343 g/mol. The lowest BCUT2D eigenvalue weighted by Crippen LogP contribution is -2.29. The summed E-state index contributed by atoms with van der Waals surface area (Å²) in [5.41, 5.74) is 0.317. The fourth-order valence-corrected chi connectivity index (χ4v) is 2.42. The molecule has 3 rings (SSSR count). The van der Waals surface area contributed by atoms with Gasteiger partial charge in [-0.25, -0.2) is 9.97 Å². The largest absolute Gasteiger partial charge is 0.467 e. The van der Waals surface area contributed by atoms with Crippen LogP contribution in [0.4, 0.5) is 13.2 Å². The van der Waals surface area contributed by atoms with Gasteiger partial charge in [0.15, 0.2) is 6.61 Å². The number of hydrogen-bond acceptors (Lipinski definition) is 7. The molecule has 10 heteroatoms. The number of halogens is 3. The molecule has 2 aromatic heterocycles. The third kappa shape index (κ3) is 4.19. The van der Waals surface area contributed by atoms with Crippen LogP contribution in [0, 0.1) is 0 Å². The van der Waals surface area contributed by atoms with Crippen molar-refractivity contribution in [2.75, 3.05) is 26.7 Å². The van der Waals surface area contributed by atoms with Crippen LogP contribution in [-0.2, 0) is 0 Å². The van der Waals surface area contributed by atoms with Crippen LogP contribution >= 0.6 is 0 Å². The molecule has 0 bridgehead atoms. The van der Waals surface area contributed by atoms with E-state index in [1.807, 2.05) is 0 Å². The average Bonchev–Trinajstić information content (AvgIpc) is 3.03. The van der Waals surface area contributed by atoms with E-state index in [4.69, 9.17) is 4.52 Å². The van der Waals surface area contributed by atoms with Crippen molar-refractivity contribution in [3.8, 4) is 17.4 Å². The molecule has 0 amide bonds. The summed E-state index contributed by atoms with van der Waals surface area (Å²) in [5, 5.41) is 3.87. The average molecular weight is 343 g/mol. The molecule has 2 aromatic rings. The van der Waals surface area contributed by atoms with Gasteiger partial charge in [-0.15, -0.1) is 0 Å². The summed E-state index contributed by atoms with van der Waals surface area (Å²) < 4.78 is 46.0. The predicted octanol–water partition coefficient (Wildman–Crippen LogP) is 2.28. The van der Waals surface area contributed by atoms with Crippen LogP contribution in [0.25, 0.3) is 11.5 Å². The lowest BCUT2D eigenvalue weighted by molar-refractivity contribution is -0.154. The van der Waals surface area contributed by atoms with Crippen molar-refractivity contribution in [3.63, 3.8) is 0 Å². The Hall–Kier alpha value is -2.23. The van der Waals surface area contributed by atoms with Crippen LogP contribution in [-0.4, -0.2) is 57.9 Å². The second-order valence-electron chi connectivity index (χ2n) is 5.68. The fourth-order valence-electron chi connectivity index (χ4n) is 2.42. The molecular formula is C14H16F3N5O2. The van der Waals surface area contributed by atoms with Gasteiger partial charge in [-0.3, -0.25) is 0 Å². The molecule has 0 unspecified atom stereocenters. The Bertz CT molecular complexity index is 666. The normalized spacial score (nSPS) is 17.2. The SMILES string of the molecule is CN1CCC(c2nc(-c3cnc(OCC(F)(F)F)cn3)no2)CC1. The zero-order valence-electron chi connectivity index (χ0n) is 13.0. The molecule has 1 aliphatic rings. The molecule has 1 saturated heterocycles. The van der Waals surface area contributed by atoms with Gasteiger partial charge in [0, 0.05) is 5.92 Å². The number of rotatable bonds is 4. The number of likely N-dealkylation sites (tertiary alicyclic amines) is 1. The third-order valence-corrected chi connectivity index (χ3v) is 3.75. The Morgan fingerprint density at radius 1 is 1.25 bits per heavy atom. The summed E-state index contributed by atoms with van der Waals surface area (Å²) in [6.07, 6.45) is -0.180. The van der Waals surface area contributed by atoms with Crippen molar-refractivity contribution in [1.29, 1.82) is 0 Å². The van der Waals surface area contributed by atoms with E-state index in [9.17, 15) is 13.2 Å². The Labute approximate surface area is 135 Å². The maximum Gasteiger partial charge on any atom is 0.422 e. The summed E-state index contributed by atoms with van der Waals surface area (Å²) >= 11 is 0. The van der Waals surface area contributed by atoms with Gasteiger partial charge < -0.3 is 14.2 Å². The zero-order chi connectivity index (χ0) is 17.2. The van der Waals surface area contributed by atoms with E-state index in [2.05, 4.69) is 36.8 Å². The molecule has 24 heavy (non-hydrogen) atoms. The number of alkyl halides is 3. The number of piperidine rings is 1. The van der Waals surface area contributed by atoms with Gasteiger partial charge in [0.2, 0.25) is 17.6 Å². The molecule has 0 aromatic carbocycles. The molecular weight excluding hydrogens is 327 g/mol. The van der Waals surface area contributed by atoms with Gasteiger partial charge >= 0.3 is 6.18 Å². The first-order chi connectivity index (χ1) is 11.4. The Balaban J connectivity index is 1.64. The van der Waals surface area contributed by atoms with E-state index in [1.54, 1.807) is 0 Å². The smallest absolute Gasteiger partial charge is 0.422 e. The van der Waals surface area contributed by atoms with Crippen LogP contribution in [0.2, 0.25) is 0 Å². The van der Waals surface area contributed by atoms with Gasteiger partial charge in [0.05, 0.1) is 12.4 Å². The summed E-state index contributed by atoms with van der Waals surface area (Å²) in [6.45, 7) is 0.518. The van der Waals surface area contributed by atoms with Crippen molar-refractivity contribution in [2.45, 2.75) is 24.9 Å². The van der Waals surface area contributed by atoms with Crippen molar-refractivity contribution < 1.29 is 22.4 Å². The van der Waals surface area contributed by atoms with Gasteiger partial charge in [-0.05, 0) is 33.0 Å². The van der Waals surface area contributed by atoms with Crippen molar-refractivity contribution in [2.24, 2.45) is 0 Å². The van der Waals surface area contributed by atoms with Gasteiger partial charge in [-0.2, -0.15) is 18.2 Å². The van der Waals surface area contributed by atoms with Crippen molar-refractivity contribution in [3.05, 3.63) is 18.3 Å². The van der Waals surface area contributed by atoms with Crippen molar-refractivity contribution in [1.82, 2.24) is 25.0 Å². The molecule has 1 fully saturated rings. The van der Waals surface area contributed by atoms with Crippen LogP contribution in [0.3, 0.4) is 0 Å². The second-order valence-corrected chi connectivity index (χ2v) is 5.68. The minimum Gasteiger partial charge on any atom is -0.467 e. The topological polar surface area (TPSA) is 77.2 Å². The molecule has 0 spiro atoms. The van der Waals surface area contributed by atoms with E-state index in [-0.39, 0.29) is 17.6 Å². The second kappa shape index (κ2) is 6.71. The van der Waals surface area contributed by atoms with E-state index in [0.29, 0.717) is 11.6 Å². The van der Waals surface area contributed by atoms with E-state index < -0.39 is 12.8 Å². The van der Waals surface area contributed by atoms with Crippen LogP contribution in [0.1, 0.15) is 24.7 Å². The minimum absolute atomic E-state index is 0.213. The summed E-state index contributed by atoms with van der Waals surface area (Å²) in [6, 6.07) is 0. The molecule has 130 valence electrons. The number of nitrogens with zero attached hydrogens (tertiary/aromatic N) is 5. The highest BCUT2D eigenvalue weighted by Crippen LogP contribution is 2.27. The molecule has 0 N–H and O–H groups in total. The number of aromatic nitrogens is 4. The first-order valence-electron chi connectivity index (χ1n) is 7.45. The van der Waals surface area contributed by atoms with Crippen LogP contribution in [0.5, 0.6) is 5.88 Å². The molecule has 0 atom stereocenters. The first-order valence-corrected chi connectivity index (χ1v) is 7.45. The number of ether oxygens (including phenoxy) is 1. The van der Waals surface area contributed by atoms with Crippen LogP contribution < -0.4 is 4.74 Å². The molecule has 7 nitrogen and oxygen atoms in total. The molecule has 0 saturated carbocycles. The summed E-state index contributed by atoms with van der Waals surface area (Å²) in [7, 11) is 2.06. The van der Waals surface area contributed by atoms with E-state index >= 15 is 0 Å². The van der Waals surface area contributed by atoms with Gasteiger partial charge in [0.1, 0.15) is 5.69 Å². The summed E-state index contributed by atoms with van der Waals surface area (Å²) in [5.74, 6) is 0.816. The molecule has 3 heterocycles. The minimum atomic E-state index is -4.42. The molecule has 0 aliphatic carbocycles. The Morgan fingerprint density at radius 2 is 2.00 bits per heavy atom.